The molecule has 0 radical (unpaired) electrons. The Balaban J connectivity index is 0.647. The first-order valence-electron chi connectivity index (χ1n) is 27.8. The van der Waals surface area contributed by atoms with Crippen LogP contribution >= 0.6 is 11.6 Å². The number of fused-ring (bicyclic) bond motifs is 1. The molecule has 9 rings (SSSR count). The summed E-state index contributed by atoms with van der Waals surface area (Å²) in [5.41, 5.74) is 10.3. The van der Waals surface area contributed by atoms with Crippen molar-refractivity contribution in [3.05, 3.63) is 113 Å². The topological polar surface area (TPSA) is 216 Å². The van der Waals surface area contributed by atoms with Gasteiger partial charge in [0.05, 0.1) is 56.5 Å². The largest absolute Gasteiger partial charge is 0.497 e. The molecule has 1 unspecified atom stereocenters. The summed E-state index contributed by atoms with van der Waals surface area (Å²) in [5, 5.41) is 11.5. The molecule has 418 valence electrons. The summed E-state index contributed by atoms with van der Waals surface area (Å²) in [5.74, 6) is 2.45. The van der Waals surface area contributed by atoms with Gasteiger partial charge < -0.3 is 60.5 Å². The first kappa shape index (κ1) is 56.4. The van der Waals surface area contributed by atoms with E-state index >= 15 is 0 Å². The average molecular weight is 1090 g/mol. The predicted molar refractivity (Wildman–Crippen MR) is 301 cm³/mol. The molecule has 6 heterocycles. The molecule has 4 saturated heterocycles. The van der Waals surface area contributed by atoms with Gasteiger partial charge >= 0.3 is 0 Å². The zero-order valence-electron chi connectivity index (χ0n) is 45.2. The number of halogens is 1. The van der Waals surface area contributed by atoms with Crippen molar-refractivity contribution in [1.29, 1.82) is 0 Å². The number of nitrogens with one attached hydrogen (secondary N) is 4. The van der Waals surface area contributed by atoms with Gasteiger partial charge in [0.25, 0.3) is 5.91 Å². The number of likely N-dealkylation sites (tertiary alicyclic amines) is 2. The van der Waals surface area contributed by atoms with Gasteiger partial charge in [-0.2, -0.15) is 0 Å². The van der Waals surface area contributed by atoms with Crippen molar-refractivity contribution in [2.24, 2.45) is 5.73 Å². The highest BCUT2D eigenvalue weighted by Crippen LogP contribution is 2.32. The Labute approximate surface area is 462 Å². The van der Waals surface area contributed by atoms with Gasteiger partial charge in [-0.05, 0) is 99.4 Å². The van der Waals surface area contributed by atoms with Crippen LogP contribution in [0.2, 0.25) is 5.02 Å². The number of piperazine rings is 1. The van der Waals surface area contributed by atoms with Crippen LogP contribution in [0.1, 0.15) is 90.9 Å². The molecule has 0 spiro atoms. The number of hydrogen-bond donors (Lipinski definition) is 5. The highest BCUT2D eigenvalue weighted by Gasteiger charge is 2.40. The SMILES string of the molecule is CCOc1cc(OC)ccc1CNCC(=O)N1CCCC(c2cccc(C(=O)N3CCC(OCCNCC(=O)N4CCN(CC[C@H](NC(=O)C5(N)CCN(c6ncnc7[nH]ccc67)CC5)c5ccc(Cl)cc5)CC4)CC3)c2)C1. The minimum atomic E-state index is -1.02. The Morgan fingerprint density at radius 1 is 0.846 bits per heavy atom. The van der Waals surface area contributed by atoms with Crippen LogP contribution in [0.4, 0.5) is 5.82 Å². The highest BCUT2D eigenvalue weighted by atomic mass is 35.5. The van der Waals surface area contributed by atoms with Crippen LogP contribution in [0.15, 0.2) is 85.3 Å². The van der Waals surface area contributed by atoms with E-state index in [-0.39, 0.29) is 54.8 Å². The van der Waals surface area contributed by atoms with E-state index in [9.17, 15) is 19.2 Å². The van der Waals surface area contributed by atoms with Gasteiger partial charge in [-0.3, -0.25) is 24.1 Å². The molecule has 0 bridgehead atoms. The molecule has 4 aliphatic rings. The van der Waals surface area contributed by atoms with Crippen LogP contribution in [0, 0.1) is 0 Å². The van der Waals surface area contributed by atoms with E-state index in [0.717, 1.165) is 96.9 Å². The number of ether oxygens (including phenoxy) is 3. The second kappa shape index (κ2) is 27.0. The molecular formula is C58H77ClN12O7. The lowest BCUT2D eigenvalue weighted by Crippen LogP contribution is -2.60. The number of aromatic nitrogens is 3. The van der Waals surface area contributed by atoms with Crippen LogP contribution in [0.3, 0.4) is 0 Å². The maximum atomic E-state index is 14.0. The maximum Gasteiger partial charge on any atom is 0.253 e. The maximum absolute atomic E-state index is 14.0. The Morgan fingerprint density at radius 2 is 1.62 bits per heavy atom. The van der Waals surface area contributed by atoms with Crippen LogP contribution < -0.4 is 36.1 Å². The molecule has 5 aromatic rings. The fourth-order valence-electron chi connectivity index (χ4n) is 11.2. The van der Waals surface area contributed by atoms with Crippen molar-refractivity contribution >= 4 is 52.1 Å². The van der Waals surface area contributed by atoms with Crippen molar-refractivity contribution in [2.45, 2.75) is 82.0 Å². The third kappa shape index (κ3) is 14.5. The van der Waals surface area contributed by atoms with E-state index in [2.05, 4.69) is 46.8 Å². The summed E-state index contributed by atoms with van der Waals surface area (Å²) >= 11 is 6.26. The number of carbonyl (C=O) groups excluding carboxylic acids is 4. The molecule has 4 aliphatic heterocycles. The first-order chi connectivity index (χ1) is 38.0. The molecular weight excluding hydrogens is 1010 g/mol. The van der Waals surface area contributed by atoms with Gasteiger partial charge in [0.2, 0.25) is 17.7 Å². The number of benzene rings is 3. The van der Waals surface area contributed by atoms with Crippen LogP contribution in [0.5, 0.6) is 11.5 Å². The van der Waals surface area contributed by atoms with E-state index in [0.29, 0.717) is 102 Å². The Hall–Kier alpha value is -6.35. The lowest BCUT2D eigenvalue weighted by Gasteiger charge is -2.39. The number of carbonyl (C=O) groups is 4. The minimum absolute atomic E-state index is 0.0206. The van der Waals surface area contributed by atoms with E-state index in [1.807, 2.05) is 94.6 Å². The van der Waals surface area contributed by atoms with Crippen molar-refractivity contribution in [3.8, 4) is 11.5 Å². The number of amides is 4. The Kier molecular flexibility index (Phi) is 19.5. The highest BCUT2D eigenvalue weighted by molar-refractivity contribution is 6.30. The second-order valence-electron chi connectivity index (χ2n) is 21.0. The van der Waals surface area contributed by atoms with Crippen LogP contribution in [-0.4, -0.2) is 182 Å². The molecule has 2 atom stereocenters. The number of hydrogen-bond acceptors (Lipinski definition) is 14. The lowest BCUT2D eigenvalue weighted by molar-refractivity contribution is -0.132. The number of methoxy groups -OCH3 is 1. The minimum Gasteiger partial charge on any atom is -0.497 e. The fourth-order valence-corrected chi connectivity index (χ4v) is 11.4. The summed E-state index contributed by atoms with van der Waals surface area (Å²) in [6, 6.07) is 23.0. The van der Waals surface area contributed by atoms with Crippen molar-refractivity contribution < 1.29 is 33.4 Å². The summed E-state index contributed by atoms with van der Waals surface area (Å²) in [7, 11) is 1.63. The van der Waals surface area contributed by atoms with E-state index in [4.69, 9.17) is 31.5 Å². The Morgan fingerprint density at radius 3 is 2.38 bits per heavy atom. The molecule has 78 heavy (non-hydrogen) atoms. The van der Waals surface area contributed by atoms with Gasteiger partial charge in [-0.15, -0.1) is 0 Å². The molecule has 6 N–H and O–H groups in total. The second-order valence-corrected chi connectivity index (χ2v) is 21.5. The standard InChI is InChI=1S/C58H77ClN12O7/c1-3-77-51-35-48(76-2)14-11-44(51)36-62-38-53(73)71-23-5-8-45(39-71)42-6-4-7-43(34-42)56(74)70-25-16-47(17-26-70)78-33-22-61-37-52(72)68-31-29-67(30-32-68)24-18-50(41-9-12-46(59)13-10-41)66-57(75)58(60)19-27-69(28-20-58)55-49-15-21-63-54(49)64-40-65-55/h4,6-7,9-15,21,34-35,40,45,47,50,61-62H,3,5,8,16-20,22-33,36-39,60H2,1-2H3,(H,66,75)(H,63,64,65)/t45?,50-/m0/s1. The molecule has 2 aromatic heterocycles. The monoisotopic (exact) mass is 1090 g/mol. The molecule has 3 aromatic carbocycles. The first-order valence-corrected chi connectivity index (χ1v) is 28.2. The van der Waals surface area contributed by atoms with Gasteiger partial charge in [0.15, 0.2) is 0 Å². The van der Waals surface area contributed by atoms with Crippen molar-refractivity contribution in [2.75, 3.05) is 117 Å². The van der Waals surface area contributed by atoms with Crippen molar-refractivity contribution in [3.63, 3.8) is 0 Å². The number of piperidine rings is 3. The Bertz CT molecular complexity index is 2790. The average Bonchev–Trinajstić information content (AvgIpc) is 3.97. The molecule has 4 fully saturated rings. The number of H-pyrrole nitrogens is 1. The summed E-state index contributed by atoms with van der Waals surface area (Å²) in [6.45, 7) is 11.7. The van der Waals surface area contributed by atoms with Crippen LogP contribution in [-0.2, 0) is 25.7 Å². The van der Waals surface area contributed by atoms with Gasteiger partial charge in [0.1, 0.15) is 29.3 Å². The molecule has 4 amide bonds. The summed E-state index contributed by atoms with van der Waals surface area (Å²) < 4.78 is 17.4. The molecule has 20 heteroatoms. The quantitative estimate of drug-likeness (QED) is 0.0570. The van der Waals surface area contributed by atoms with E-state index in [1.54, 1.807) is 13.4 Å². The summed E-state index contributed by atoms with van der Waals surface area (Å²) in [6.07, 6.45) is 8.46. The summed E-state index contributed by atoms with van der Waals surface area (Å²) in [4.78, 5) is 76.6. The van der Waals surface area contributed by atoms with Gasteiger partial charge in [-0.1, -0.05) is 41.9 Å². The van der Waals surface area contributed by atoms with Gasteiger partial charge in [0, 0.05) is 119 Å². The number of rotatable bonds is 22. The molecule has 19 nitrogen and oxygen atoms in total. The third-order valence-corrected chi connectivity index (χ3v) is 16.2. The van der Waals surface area contributed by atoms with Crippen molar-refractivity contribution in [1.82, 2.24) is 50.5 Å². The smallest absolute Gasteiger partial charge is 0.253 e. The zero-order valence-corrected chi connectivity index (χ0v) is 46.0. The molecule has 0 saturated carbocycles. The van der Waals surface area contributed by atoms with E-state index in [1.165, 1.54) is 0 Å². The van der Waals surface area contributed by atoms with E-state index < -0.39 is 5.54 Å². The molecule has 0 aliphatic carbocycles. The van der Waals surface area contributed by atoms with Gasteiger partial charge in [-0.25, -0.2) is 9.97 Å². The lowest BCUT2D eigenvalue weighted by atomic mass is 9.87. The fraction of sp³-hybridized carbons (Fsp3) is 0.517. The van der Waals surface area contributed by atoms with Crippen LogP contribution in [0.25, 0.3) is 11.0 Å². The zero-order chi connectivity index (χ0) is 54.4. The number of nitrogens with zero attached hydrogens (tertiary/aromatic N) is 7. The third-order valence-electron chi connectivity index (χ3n) is 16.0. The number of aromatic amines is 1. The number of nitrogens with two attached hydrogens (primary N) is 1. The predicted octanol–water partition coefficient (Wildman–Crippen LogP) is 5.11. The normalized spacial score (nSPS) is 18.7. The number of anilines is 1.